The van der Waals surface area contributed by atoms with Gasteiger partial charge in [-0.1, -0.05) is 103 Å². The third kappa shape index (κ3) is 16.0. The van der Waals surface area contributed by atoms with Crippen molar-refractivity contribution in [1.29, 1.82) is 0 Å². The van der Waals surface area contributed by atoms with E-state index in [0.717, 1.165) is 24.5 Å². The van der Waals surface area contributed by atoms with Gasteiger partial charge in [-0.15, -0.1) is 0 Å². The van der Waals surface area contributed by atoms with Gasteiger partial charge in [0.15, 0.2) is 0 Å². The summed E-state index contributed by atoms with van der Waals surface area (Å²) in [6.45, 7) is 4.58. The van der Waals surface area contributed by atoms with Gasteiger partial charge in [-0.2, -0.15) is 0 Å². The van der Waals surface area contributed by atoms with Crippen LogP contribution in [-0.2, 0) is 4.79 Å². The number of unbranched alkanes of at least 4 members (excludes halogenated alkanes) is 15. The van der Waals surface area contributed by atoms with Gasteiger partial charge in [-0.25, -0.2) is 0 Å². The molecule has 1 aromatic rings. The summed E-state index contributed by atoms with van der Waals surface area (Å²) in [5, 5.41) is 2.76. The second-order valence-electron chi connectivity index (χ2n) is 8.36. The number of rotatable bonds is 19. The Balaban J connectivity index is 1.80. The van der Waals surface area contributed by atoms with Crippen molar-refractivity contribution in [2.75, 3.05) is 11.9 Å². The molecule has 0 radical (unpaired) electrons. The van der Waals surface area contributed by atoms with Crippen LogP contribution in [0.2, 0.25) is 0 Å². The zero-order valence-corrected chi connectivity index (χ0v) is 19.1. The average Bonchev–Trinajstić information content (AvgIpc) is 2.71. The highest BCUT2D eigenvalue weighted by Gasteiger charge is 1.98. The summed E-state index contributed by atoms with van der Waals surface area (Å²) < 4.78 is 5.77. The van der Waals surface area contributed by atoms with Crippen molar-refractivity contribution in [3.8, 4) is 5.75 Å². The Hall–Kier alpha value is -1.51. The lowest BCUT2D eigenvalue weighted by molar-refractivity contribution is -0.114. The third-order valence-corrected chi connectivity index (χ3v) is 5.44. The zero-order chi connectivity index (χ0) is 21.0. The molecular formula is C26H45NO2. The zero-order valence-electron chi connectivity index (χ0n) is 19.1. The molecular weight excluding hydrogens is 358 g/mol. The highest BCUT2D eigenvalue weighted by molar-refractivity contribution is 5.88. The SMILES string of the molecule is CCCCCCCCCCCCCCCCCCOc1ccc(NC(C)=O)cc1. The number of hydrogen-bond donors (Lipinski definition) is 1. The molecule has 0 spiro atoms. The van der Waals surface area contributed by atoms with Crippen molar-refractivity contribution < 1.29 is 9.53 Å². The van der Waals surface area contributed by atoms with Crippen LogP contribution in [-0.4, -0.2) is 12.5 Å². The van der Waals surface area contributed by atoms with Crippen LogP contribution in [0.15, 0.2) is 24.3 Å². The number of anilines is 1. The van der Waals surface area contributed by atoms with Gasteiger partial charge in [0.05, 0.1) is 6.61 Å². The number of carbonyl (C=O) groups excluding carboxylic acids is 1. The number of carbonyl (C=O) groups is 1. The molecule has 0 atom stereocenters. The average molecular weight is 404 g/mol. The molecule has 29 heavy (non-hydrogen) atoms. The van der Waals surface area contributed by atoms with E-state index in [-0.39, 0.29) is 5.91 Å². The summed E-state index contributed by atoms with van der Waals surface area (Å²) in [6.07, 6.45) is 22.2. The minimum absolute atomic E-state index is 0.0492. The van der Waals surface area contributed by atoms with Crippen LogP contribution in [0.1, 0.15) is 117 Å². The molecule has 0 fully saturated rings. The normalized spacial score (nSPS) is 10.8. The summed E-state index contributed by atoms with van der Waals surface area (Å²) >= 11 is 0. The van der Waals surface area contributed by atoms with Crippen LogP contribution in [0, 0.1) is 0 Å². The first-order valence-electron chi connectivity index (χ1n) is 12.2. The minimum Gasteiger partial charge on any atom is -0.494 e. The molecule has 3 nitrogen and oxygen atoms in total. The van der Waals surface area contributed by atoms with E-state index < -0.39 is 0 Å². The number of ether oxygens (including phenoxy) is 1. The fraction of sp³-hybridized carbons (Fsp3) is 0.731. The maximum atomic E-state index is 11.0. The molecule has 0 aliphatic rings. The summed E-state index contributed by atoms with van der Waals surface area (Å²) in [4.78, 5) is 11.0. The maximum Gasteiger partial charge on any atom is 0.221 e. The molecule has 0 aromatic heterocycles. The fourth-order valence-electron chi connectivity index (χ4n) is 3.68. The predicted molar refractivity (Wildman–Crippen MR) is 126 cm³/mol. The first-order chi connectivity index (χ1) is 14.2. The molecule has 0 bridgehead atoms. The van der Waals surface area contributed by atoms with Crippen LogP contribution >= 0.6 is 0 Å². The number of nitrogens with one attached hydrogen (secondary N) is 1. The van der Waals surface area contributed by atoms with Gasteiger partial charge in [0, 0.05) is 12.6 Å². The van der Waals surface area contributed by atoms with Crippen molar-refractivity contribution in [2.24, 2.45) is 0 Å². The van der Waals surface area contributed by atoms with Crippen LogP contribution in [0.25, 0.3) is 0 Å². The lowest BCUT2D eigenvalue weighted by Gasteiger charge is -2.07. The van der Waals surface area contributed by atoms with E-state index in [1.165, 1.54) is 103 Å². The van der Waals surface area contributed by atoms with E-state index >= 15 is 0 Å². The minimum atomic E-state index is -0.0492. The topological polar surface area (TPSA) is 38.3 Å². The molecule has 3 heteroatoms. The van der Waals surface area contributed by atoms with Crippen molar-refractivity contribution in [1.82, 2.24) is 0 Å². The van der Waals surface area contributed by atoms with Gasteiger partial charge < -0.3 is 10.1 Å². The van der Waals surface area contributed by atoms with Gasteiger partial charge >= 0.3 is 0 Å². The van der Waals surface area contributed by atoms with Crippen LogP contribution in [0.4, 0.5) is 5.69 Å². The van der Waals surface area contributed by atoms with Crippen LogP contribution < -0.4 is 10.1 Å². The van der Waals surface area contributed by atoms with E-state index in [1.807, 2.05) is 24.3 Å². The smallest absolute Gasteiger partial charge is 0.221 e. The molecule has 0 unspecified atom stereocenters. The Morgan fingerprint density at radius 1 is 0.690 bits per heavy atom. The Kier molecular flexibility index (Phi) is 16.3. The van der Waals surface area contributed by atoms with Crippen molar-refractivity contribution in [3.63, 3.8) is 0 Å². The molecule has 0 saturated heterocycles. The fourth-order valence-corrected chi connectivity index (χ4v) is 3.68. The Bertz CT molecular complexity index is 498. The van der Waals surface area contributed by atoms with Crippen LogP contribution in [0.3, 0.4) is 0 Å². The molecule has 0 aliphatic heterocycles. The van der Waals surface area contributed by atoms with Crippen molar-refractivity contribution >= 4 is 11.6 Å². The van der Waals surface area contributed by atoms with E-state index in [9.17, 15) is 4.79 Å². The molecule has 1 rings (SSSR count). The quantitative estimate of drug-likeness (QED) is 0.236. The summed E-state index contributed by atoms with van der Waals surface area (Å²) in [5.74, 6) is 0.826. The standard InChI is InChI=1S/C26H45NO2/c1-3-4-5-6-7-8-9-10-11-12-13-14-15-16-17-18-23-29-26-21-19-25(20-22-26)27-24(2)28/h19-22H,3-18,23H2,1-2H3,(H,27,28). The second kappa shape index (κ2) is 18.5. The highest BCUT2D eigenvalue weighted by atomic mass is 16.5. The monoisotopic (exact) mass is 403 g/mol. The summed E-state index contributed by atoms with van der Waals surface area (Å²) in [5.41, 5.74) is 0.812. The lowest BCUT2D eigenvalue weighted by atomic mass is 10.0. The summed E-state index contributed by atoms with van der Waals surface area (Å²) in [6, 6.07) is 7.59. The first kappa shape index (κ1) is 25.5. The second-order valence-corrected chi connectivity index (χ2v) is 8.36. The van der Waals surface area contributed by atoms with Gasteiger partial charge in [0.25, 0.3) is 0 Å². The molecule has 0 heterocycles. The third-order valence-electron chi connectivity index (χ3n) is 5.44. The molecule has 1 N–H and O–H groups in total. The maximum absolute atomic E-state index is 11.0. The number of amides is 1. The molecule has 0 aliphatic carbocycles. The van der Waals surface area contributed by atoms with Crippen molar-refractivity contribution in [3.05, 3.63) is 24.3 Å². The highest BCUT2D eigenvalue weighted by Crippen LogP contribution is 2.17. The van der Waals surface area contributed by atoms with E-state index in [0.29, 0.717) is 0 Å². The molecule has 1 amide bonds. The Morgan fingerprint density at radius 2 is 1.10 bits per heavy atom. The van der Waals surface area contributed by atoms with E-state index in [4.69, 9.17) is 4.74 Å². The number of benzene rings is 1. The molecule has 1 aromatic carbocycles. The lowest BCUT2D eigenvalue weighted by Crippen LogP contribution is -2.05. The van der Waals surface area contributed by atoms with Gasteiger partial charge in [-0.3, -0.25) is 4.79 Å². The summed E-state index contributed by atoms with van der Waals surface area (Å²) in [7, 11) is 0. The Labute approximate surface area is 180 Å². The Morgan fingerprint density at radius 3 is 1.52 bits per heavy atom. The van der Waals surface area contributed by atoms with Crippen LogP contribution in [0.5, 0.6) is 5.75 Å². The van der Waals surface area contributed by atoms with Gasteiger partial charge in [0.2, 0.25) is 5.91 Å². The van der Waals surface area contributed by atoms with Gasteiger partial charge in [-0.05, 0) is 30.7 Å². The van der Waals surface area contributed by atoms with E-state index in [1.54, 1.807) is 0 Å². The van der Waals surface area contributed by atoms with Crippen molar-refractivity contribution in [2.45, 2.75) is 117 Å². The van der Waals surface area contributed by atoms with E-state index in [2.05, 4.69) is 12.2 Å². The predicted octanol–water partition coefficient (Wildman–Crippen LogP) is 8.29. The molecule has 0 saturated carbocycles. The first-order valence-corrected chi connectivity index (χ1v) is 12.2. The molecule has 166 valence electrons. The number of hydrogen-bond acceptors (Lipinski definition) is 2. The van der Waals surface area contributed by atoms with Gasteiger partial charge in [0.1, 0.15) is 5.75 Å². The largest absolute Gasteiger partial charge is 0.494 e.